The molecule has 0 aromatic heterocycles. The summed E-state index contributed by atoms with van der Waals surface area (Å²) in [6.45, 7) is 2.00. The molecule has 4 heteroatoms. The van der Waals surface area contributed by atoms with E-state index in [1.807, 2.05) is 31.2 Å². The fourth-order valence-corrected chi connectivity index (χ4v) is 0.956. The SMILES string of the molecule is Cc1ccccc1NC(N)=S.S. The lowest BCUT2D eigenvalue weighted by atomic mass is 10.2. The molecule has 0 atom stereocenters. The molecule has 0 unspecified atom stereocenters. The standard InChI is InChI=1S/C8H10N2S.H2S/c1-6-4-2-3-5-7(6)10-8(9)11;/h2-5H,1H3,(H3,9,10,11);1H2. The monoisotopic (exact) mass is 200 g/mol. The molecule has 1 aromatic rings. The molecule has 3 N–H and O–H groups in total. The minimum Gasteiger partial charge on any atom is -0.376 e. The quantitative estimate of drug-likeness (QED) is 0.678. The van der Waals surface area contributed by atoms with Crippen LogP contribution in [0.2, 0.25) is 0 Å². The highest BCUT2D eigenvalue weighted by molar-refractivity contribution is 7.80. The molecule has 2 nitrogen and oxygen atoms in total. The predicted molar refractivity (Wildman–Crippen MR) is 62.0 cm³/mol. The van der Waals surface area contributed by atoms with Crippen LogP contribution in [0.15, 0.2) is 24.3 Å². The summed E-state index contributed by atoms with van der Waals surface area (Å²) in [6.07, 6.45) is 0. The summed E-state index contributed by atoms with van der Waals surface area (Å²) in [5.74, 6) is 0. The van der Waals surface area contributed by atoms with Crippen LogP contribution < -0.4 is 11.1 Å². The Hall–Kier alpha value is -0.740. The average Bonchev–Trinajstić information content (AvgIpc) is 1.93. The summed E-state index contributed by atoms with van der Waals surface area (Å²) in [5, 5.41) is 3.19. The topological polar surface area (TPSA) is 38.0 Å². The van der Waals surface area contributed by atoms with Gasteiger partial charge in [0, 0.05) is 5.69 Å². The van der Waals surface area contributed by atoms with E-state index in [4.69, 9.17) is 18.0 Å². The number of hydrogen-bond donors (Lipinski definition) is 2. The number of thiocarbonyl (C=S) groups is 1. The summed E-state index contributed by atoms with van der Waals surface area (Å²) in [5.41, 5.74) is 7.43. The van der Waals surface area contributed by atoms with Crippen LogP contribution in [0.5, 0.6) is 0 Å². The van der Waals surface area contributed by atoms with Crippen LogP contribution in [0.3, 0.4) is 0 Å². The second-order valence-corrected chi connectivity index (χ2v) is 2.74. The van der Waals surface area contributed by atoms with Crippen LogP contribution in [-0.4, -0.2) is 5.11 Å². The smallest absolute Gasteiger partial charge is 0.168 e. The van der Waals surface area contributed by atoms with E-state index in [9.17, 15) is 0 Å². The Morgan fingerprint density at radius 3 is 2.50 bits per heavy atom. The molecule has 0 aliphatic heterocycles. The number of benzene rings is 1. The van der Waals surface area contributed by atoms with Crippen LogP contribution in [0.25, 0.3) is 0 Å². The molecule has 0 aliphatic carbocycles. The van der Waals surface area contributed by atoms with Gasteiger partial charge >= 0.3 is 0 Å². The molecule has 0 saturated carbocycles. The zero-order valence-electron chi connectivity index (χ0n) is 6.79. The Balaban J connectivity index is 0.00000121. The summed E-state index contributed by atoms with van der Waals surface area (Å²) in [7, 11) is 0. The van der Waals surface area contributed by atoms with Crippen molar-refractivity contribution >= 4 is 36.5 Å². The van der Waals surface area contributed by atoms with Gasteiger partial charge < -0.3 is 11.1 Å². The van der Waals surface area contributed by atoms with E-state index in [0.29, 0.717) is 5.11 Å². The van der Waals surface area contributed by atoms with Crippen molar-refractivity contribution in [3.8, 4) is 0 Å². The highest BCUT2D eigenvalue weighted by Gasteiger charge is 1.94. The van der Waals surface area contributed by atoms with Crippen LogP contribution >= 0.6 is 25.7 Å². The molecule has 0 heterocycles. The second kappa shape index (κ2) is 5.00. The van der Waals surface area contributed by atoms with Gasteiger partial charge in [0.1, 0.15) is 0 Å². The van der Waals surface area contributed by atoms with E-state index in [1.54, 1.807) is 0 Å². The first-order valence-corrected chi connectivity index (χ1v) is 3.73. The Kier molecular flexibility index (Phi) is 4.70. The third-order valence-corrected chi connectivity index (χ3v) is 1.50. The maximum atomic E-state index is 5.31. The molecule has 12 heavy (non-hydrogen) atoms. The average molecular weight is 200 g/mol. The van der Waals surface area contributed by atoms with E-state index in [2.05, 4.69) is 5.32 Å². The summed E-state index contributed by atoms with van der Waals surface area (Å²) < 4.78 is 0. The molecule has 0 aliphatic rings. The van der Waals surface area contributed by atoms with Crippen molar-refractivity contribution in [3.63, 3.8) is 0 Å². The number of nitrogens with one attached hydrogen (secondary N) is 1. The highest BCUT2D eigenvalue weighted by atomic mass is 32.1. The summed E-state index contributed by atoms with van der Waals surface area (Å²) >= 11 is 4.70. The van der Waals surface area contributed by atoms with Gasteiger partial charge in [-0.05, 0) is 30.8 Å². The van der Waals surface area contributed by atoms with Crippen molar-refractivity contribution in [1.82, 2.24) is 0 Å². The Labute approximate surface area is 84.6 Å². The number of hydrogen-bond acceptors (Lipinski definition) is 1. The second-order valence-electron chi connectivity index (χ2n) is 2.30. The maximum absolute atomic E-state index is 5.31. The van der Waals surface area contributed by atoms with Crippen LogP contribution in [-0.2, 0) is 0 Å². The third kappa shape index (κ3) is 3.11. The lowest BCUT2D eigenvalue weighted by Crippen LogP contribution is -2.19. The van der Waals surface area contributed by atoms with Gasteiger partial charge in [-0.25, -0.2) is 0 Å². The minimum absolute atomic E-state index is 0. The molecule has 0 saturated heterocycles. The predicted octanol–water partition coefficient (Wildman–Crippen LogP) is 1.76. The Morgan fingerprint density at radius 2 is 2.00 bits per heavy atom. The van der Waals surface area contributed by atoms with Crippen LogP contribution in [0, 0.1) is 6.92 Å². The molecule has 0 radical (unpaired) electrons. The van der Waals surface area contributed by atoms with Crippen molar-refractivity contribution in [2.24, 2.45) is 5.73 Å². The van der Waals surface area contributed by atoms with E-state index in [0.717, 1.165) is 11.3 Å². The van der Waals surface area contributed by atoms with E-state index >= 15 is 0 Å². The molecular weight excluding hydrogens is 188 g/mol. The number of rotatable bonds is 1. The largest absolute Gasteiger partial charge is 0.376 e. The van der Waals surface area contributed by atoms with Gasteiger partial charge in [-0.3, -0.25) is 0 Å². The first kappa shape index (κ1) is 11.3. The molecule has 0 spiro atoms. The normalized spacial score (nSPS) is 8.42. The summed E-state index contributed by atoms with van der Waals surface area (Å²) in [6, 6.07) is 7.85. The van der Waals surface area contributed by atoms with Gasteiger partial charge in [0.15, 0.2) is 5.11 Å². The van der Waals surface area contributed by atoms with Gasteiger partial charge in [-0.2, -0.15) is 13.5 Å². The number of anilines is 1. The van der Waals surface area contributed by atoms with Crippen molar-refractivity contribution in [2.45, 2.75) is 6.92 Å². The zero-order chi connectivity index (χ0) is 8.27. The van der Waals surface area contributed by atoms with E-state index in [-0.39, 0.29) is 13.5 Å². The lowest BCUT2D eigenvalue weighted by molar-refractivity contribution is 1.45. The molecule has 0 amide bonds. The number of nitrogens with two attached hydrogens (primary N) is 1. The first-order valence-electron chi connectivity index (χ1n) is 3.32. The van der Waals surface area contributed by atoms with Gasteiger partial charge in [0.2, 0.25) is 0 Å². The number of para-hydroxylation sites is 1. The van der Waals surface area contributed by atoms with E-state index < -0.39 is 0 Å². The first-order chi connectivity index (χ1) is 5.20. The maximum Gasteiger partial charge on any atom is 0.168 e. The minimum atomic E-state index is 0. The van der Waals surface area contributed by atoms with Gasteiger partial charge in [0.25, 0.3) is 0 Å². The van der Waals surface area contributed by atoms with Crippen molar-refractivity contribution in [1.29, 1.82) is 0 Å². The van der Waals surface area contributed by atoms with Gasteiger partial charge in [0.05, 0.1) is 0 Å². The fourth-order valence-electron chi connectivity index (χ4n) is 0.846. The van der Waals surface area contributed by atoms with E-state index in [1.165, 1.54) is 0 Å². The fraction of sp³-hybridized carbons (Fsp3) is 0.125. The number of aryl methyl sites for hydroxylation is 1. The van der Waals surface area contributed by atoms with Crippen LogP contribution in [0.1, 0.15) is 5.56 Å². The molecule has 1 rings (SSSR count). The Bertz CT molecular complexity index is 274. The van der Waals surface area contributed by atoms with Gasteiger partial charge in [-0.1, -0.05) is 18.2 Å². The van der Waals surface area contributed by atoms with Crippen molar-refractivity contribution in [2.75, 3.05) is 5.32 Å². The molecular formula is C8H12N2S2. The molecule has 66 valence electrons. The van der Waals surface area contributed by atoms with Gasteiger partial charge in [-0.15, -0.1) is 0 Å². The third-order valence-electron chi connectivity index (χ3n) is 1.40. The zero-order valence-corrected chi connectivity index (χ0v) is 8.61. The van der Waals surface area contributed by atoms with Crippen molar-refractivity contribution < 1.29 is 0 Å². The Morgan fingerprint density at radius 1 is 1.42 bits per heavy atom. The molecule has 1 aromatic carbocycles. The highest BCUT2D eigenvalue weighted by Crippen LogP contribution is 2.11. The molecule has 0 fully saturated rings. The van der Waals surface area contributed by atoms with Crippen LogP contribution in [0.4, 0.5) is 5.69 Å². The summed E-state index contributed by atoms with van der Waals surface area (Å²) in [4.78, 5) is 0. The lowest BCUT2D eigenvalue weighted by Gasteiger charge is -2.05. The molecule has 0 bridgehead atoms. The van der Waals surface area contributed by atoms with Crippen molar-refractivity contribution in [3.05, 3.63) is 29.8 Å².